The quantitative estimate of drug-likeness (QED) is 0.591. The standard InChI is InChI=1S/C20H19BrF2N4OS/c1-27-19(14(21)8-25-27)12-7-18(29-10-12)20(28)26-17-9-24-5-4-13(17)11-2-3-15(22)16(23)6-11/h2-3,6-8,10,13,17,24H,4-5,9H2,1H3,(H,26,28)/t13-,17+/m0/s1. The Labute approximate surface area is 179 Å². The van der Waals surface area contributed by atoms with Gasteiger partial charge in [-0.15, -0.1) is 11.3 Å². The minimum atomic E-state index is -0.865. The number of aromatic nitrogens is 2. The van der Waals surface area contributed by atoms with E-state index in [1.165, 1.54) is 17.4 Å². The second kappa shape index (κ2) is 8.33. The van der Waals surface area contributed by atoms with E-state index >= 15 is 0 Å². The van der Waals surface area contributed by atoms with Crippen molar-refractivity contribution in [3.8, 4) is 11.3 Å². The lowest BCUT2D eigenvalue weighted by Gasteiger charge is -2.33. The maximum Gasteiger partial charge on any atom is 0.261 e. The number of hydrogen-bond acceptors (Lipinski definition) is 4. The van der Waals surface area contributed by atoms with E-state index in [4.69, 9.17) is 0 Å². The molecule has 3 aromatic rings. The fourth-order valence-electron chi connectivity index (χ4n) is 3.71. The van der Waals surface area contributed by atoms with Gasteiger partial charge < -0.3 is 10.6 Å². The van der Waals surface area contributed by atoms with E-state index in [1.807, 2.05) is 18.5 Å². The molecule has 152 valence electrons. The summed E-state index contributed by atoms with van der Waals surface area (Å²) in [6.45, 7) is 1.33. The molecule has 4 rings (SSSR count). The average Bonchev–Trinajstić information content (AvgIpc) is 3.31. The van der Waals surface area contributed by atoms with Crippen LogP contribution >= 0.6 is 27.3 Å². The predicted octanol–water partition coefficient (Wildman–Crippen LogP) is 4.06. The lowest BCUT2D eigenvalue weighted by atomic mass is 9.86. The van der Waals surface area contributed by atoms with Gasteiger partial charge in [0.15, 0.2) is 11.6 Å². The highest BCUT2D eigenvalue weighted by molar-refractivity contribution is 9.10. The van der Waals surface area contributed by atoms with Crippen molar-refractivity contribution in [1.29, 1.82) is 0 Å². The molecule has 0 aliphatic carbocycles. The fourth-order valence-corrected chi connectivity index (χ4v) is 5.08. The van der Waals surface area contributed by atoms with E-state index in [9.17, 15) is 13.6 Å². The molecule has 1 fully saturated rings. The predicted molar refractivity (Wildman–Crippen MR) is 112 cm³/mol. The highest BCUT2D eigenvalue weighted by Crippen LogP contribution is 2.32. The molecular formula is C20H19BrF2N4OS. The van der Waals surface area contributed by atoms with Gasteiger partial charge in [0, 0.05) is 36.5 Å². The number of rotatable bonds is 4. The number of carbonyl (C=O) groups excluding carboxylic acids is 1. The molecule has 9 heteroatoms. The fraction of sp³-hybridized carbons (Fsp3) is 0.300. The molecule has 2 aromatic heterocycles. The minimum Gasteiger partial charge on any atom is -0.347 e. The molecule has 5 nitrogen and oxygen atoms in total. The van der Waals surface area contributed by atoms with Crippen LogP contribution in [0.15, 0.2) is 40.3 Å². The summed E-state index contributed by atoms with van der Waals surface area (Å²) in [5.41, 5.74) is 2.51. The third-order valence-electron chi connectivity index (χ3n) is 5.16. The van der Waals surface area contributed by atoms with Crippen LogP contribution in [0.3, 0.4) is 0 Å². The first-order valence-electron chi connectivity index (χ1n) is 9.17. The Morgan fingerprint density at radius 3 is 2.90 bits per heavy atom. The zero-order valence-corrected chi connectivity index (χ0v) is 18.0. The molecule has 2 atom stereocenters. The summed E-state index contributed by atoms with van der Waals surface area (Å²) in [6.07, 6.45) is 2.44. The summed E-state index contributed by atoms with van der Waals surface area (Å²) < 4.78 is 29.6. The number of carbonyl (C=O) groups is 1. The number of hydrogen-bond donors (Lipinski definition) is 2. The van der Waals surface area contributed by atoms with Gasteiger partial charge in [-0.05, 0) is 52.7 Å². The van der Waals surface area contributed by atoms with Gasteiger partial charge in [-0.25, -0.2) is 8.78 Å². The maximum atomic E-state index is 13.7. The number of piperidine rings is 1. The monoisotopic (exact) mass is 480 g/mol. The molecule has 1 aliphatic rings. The molecule has 1 aromatic carbocycles. The largest absolute Gasteiger partial charge is 0.347 e. The Morgan fingerprint density at radius 2 is 2.17 bits per heavy atom. The molecular weight excluding hydrogens is 462 g/mol. The van der Waals surface area contributed by atoms with Crippen molar-refractivity contribution >= 4 is 33.2 Å². The van der Waals surface area contributed by atoms with E-state index in [0.29, 0.717) is 17.0 Å². The van der Waals surface area contributed by atoms with Gasteiger partial charge in [-0.1, -0.05) is 6.07 Å². The Morgan fingerprint density at radius 1 is 1.34 bits per heavy atom. The highest BCUT2D eigenvalue weighted by atomic mass is 79.9. The van der Waals surface area contributed by atoms with Crippen molar-refractivity contribution in [3.05, 3.63) is 62.4 Å². The summed E-state index contributed by atoms with van der Waals surface area (Å²) in [4.78, 5) is 13.5. The first-order chi connectivity index (χ1) is 13.9. The maximum absolute atomic E-state index is 13.7. The molecule has 3 heterocycles. The highest BCUT2D eigenvalue weighted by Gasteiger charge is 2.29. The van der Waals surface area contributed by atoms with Crippen LogP contribution in [0.2, 0.25) is 0 Å². The minimum absolute atomic E-state index is 0.0825. The lowest BCUT2D eigenvalue weighted by molar-refractivity contribution is 0.0928. The molecule has 1 aliphatic heterocycles. The zero-order chi connectivity index (χ0) is 20.5. The smallest absolute Gasteiger partial charge is 0.261 e. The molecule has 29 heavy (non-hydrogen) atoms. The van der Waals surface area contributed by atoms with E-state index < -0.39 is 11.6 Å². The topological polar surface area (TPSA) is 59.0 Å². The van der Waals surface area contributed by atoms with Gasteiger partial charge in [-0.3, -0.25) is 9.48 Å². The molecule has 2 N–H and O–H groups in total. The van der Waals surface area contributed by atoms with Crippen molar-refractivity contribution < 1.29 is 13.6 Å². The first-order valence-corrected chi connectivity index (χ1v) is 10.8. The Hall–Kier alpha value is -2.10. The molecule has 0 radical (unpaired) electrons. The van der Waals surface area contributed by atoms with Gasteiger partial charge in [0.25, 0.3) is 5.91 Å². The average molecular weight is 481 g/mol. The number of thiophene rings is 1. The summed E-state index contributed by atoms with van der Waals surface area (Å²) >= 11 is 4.84. The van der Waals surface area contributed by atoms with Gasteiger partial charge >= 0.3 is 0 Å². The van der Waals surface area contributed by atoms with Crippen molar-refractivity contribution in [2.24, 2.45) is 7.05 Å². The molecule has 0 unspecified atom stereocenters. The number of nitrogens with zero attached hydrogens (tertiary/aromatic N) is 2. The van der Waals surface area contributed by atoms with Crippen molar-refractivity contribution in [3.63, 3.8) is 0 Å². The van der Waals surface area contributed by atoms with Crippen LogP contribution in [0.5, 0.6) is 0 Å². The van der Waals surface area contributed by atoms with Crippen molar-refractivity contribution in [2.45, 2.75) is 18.4 Å². The molecule has 0 saturated carbocycles. The van der Waals surface area contributed by atoms with Crippen LogP contribution in [0.25, 0.3) is 11.3 Å². The normalized spacial score (nSPS) is 19.3. The summed E-state index contributed by atoms with van der Waals surface area (Å²) in [5, 5.41) is 12.5. The number of amides is 1. The summed E-state index contributed by atoms with van der Waals surface area (Å²) in [7, 11) is 1.84. The van der Waals surface area contributed by atoms with Crippen molar-refractivity contribution in [2.75, 3.05) is 13.1 Å². The number of aryl methyl sites for hydroxylation is 1. The molecule has 1 amide bonds. The third kappa shape index (κ3) is 4.12. The Bertz CT molecular complexity index is 1030. The van der Waals surface area contributed by atoms with Gasteiger partial charge in [0.1, 0.15) is 0 Å². The number of benzene rings is 1. The van der Waals surface area contributed by atoms with E-state index in [-0.39, 0.29) is 17.9 Å². The van der Waals surface area contributed by atoms with Gasteiger partial charge in [0.2, 0.25) is 0 Å². The molecule has 0 bridgehead atoms. The zero-order valence-electron chi connectivity index (χ0n) is 15.6. The van der Waals surface area contributed by atoms with E-state index in [1.54, 1.807) is 16.9 Å². The Balaban J connectivity index is 1.53. The van der Waals surface area contributed by atoms with Crippen LogP contribution in [0.4, 0.5) is 8.78 Å². The molecule has 0 spiro atoms. The van der Waals surface area contributed by atoms with Crippen LogP contribution in [-0.4, -0.2) is 34.8 Å². The van der Waals surface area contributed by atoms with Gasteiger partial charge in [0.05, 0.1) is 21.2 Å². The first kappa shape index (κ1) is 20.2. The van der Waals surface area contributed by atoms with E-state index in [0.717, 1.165) is 34.8 Å². The van der Waals surface area contributed by atoms with Crippen LogP contribution in [0.1, 0.15) is 27.6 Å². The van der Waals surface area contributed by atoms with Crippen LogP contribution in [0, 0.1) is 11.6 Å². The third-order valence-corrected chi connectivity index (χ3v) is 6.67. The SMILES string of the molecule is Cn1ncc(Br)c1-c1csc(C(=O)N[C@@H]2CNCC[C@H]2c2ccc(F)c(F)c2)c1. The number of nitrogens with one attached hydrogen (secondary N) is 2. The van der Waals surface area contributed by atoms with E-state index in [2.05, 4.69) is 31.7 Å². The van der Waals surface area contributed by atoms with Crippen molar-refractivity contribution in [1.82, 2.24) is 20.4 Å². The lowest BCUT2D eigenvalue weighted by Crippen LogP contribution is -2.49. The van der Waals surface area contributed by atoms with Gasteiger partial charge in [-0.2, -0.15) is 5.10 Å². The van der Waals surface area contributed by atoms with Crippen LogP contribution < -0.4 is 10.6 Å². The summed E-state index contributed by atoms with van der Waals surface area (Å²) in [5.74, 6) is -1.99. The number of halogens is 3. The van der Waals surface area contributed by atoms with Crippen LogP contribution in [-0.2, 0) is 7.05 Å². The summed E-state index contributed by atoms with van der Waals surface area (Å²) in [6, 6.07) is 5.59. The second-order valence-electron chi connectivity index (χ2n) is 7.02. The Kier molecular flexibility index (Phi) is 5.80. The molecule has 1 saturated heterocycles. The second-order valence-corrected chi connectivity index (χ2v) is 8.78.